The smallest absolute Gasteiger partial charge is 0.311 e. The molecule has 0 amide bonds. The van der Waals surface area contributed by atoms with Gasteiger partial charge in [-0.25, -0.2) is 0 Å². The van der Waals surface area contributed by atoms with E-state index in [4.69, 9.17) is 14.2 Å². The zero-order valence-corrected chi connectivity index (χ0v) is 15.3. The number of carbonyl (C=O) groups excluding carboxylic acids is 2. The molecule has 0 bridgehead atoms. The summed E-state index contributed by atoms with van der Waals surface area (Å²) < 4.78 is 16.0. The second kappa shape index (κ2) is 8.99. The van der Waals surface area contributed by atoms with E-state index in [2.05, 4.69) is 0 Å². The molecule has 5 nitrogen and oxygen atoms in total. The highest BCUT2D eigenvalue weighted by Crippen LogP contribution is 2.30. The number of carbonyl (C=O) groups is 2. The second-order valence-electron chi connectivity index (χ2n) is 7.48. The van der Waals surface area contributed by atoms with Crippen molar-refractivity contribution in [3.05, 3.63) is 35.9 Å². The Morgan fingerprint density at radius 2 is 1.44 bits per heavy atom. The van der Waals surface area contributed by atoms with E-state index in [0.29, 0.717) is 32.3 Å². The topological polar surface area (TPSA) is 61.8 Å². The average Bonchev–Trinajstić information content (AvgIpc) is 2.59. The summed E-state index contributed by atoms with van der Waals surface area (Å²) in [5, 5.41) is 0. The molecule has 25 heavy (non-hydrogen) atoms. The molecular formula is C20H28O5. The number of ether oxygens (including phenoxy) is 3. The number of rotatable bonds is 6. The third-order valence-corrected chi connectivity index (χ3v) is 4.31. The molecule has 2 rings (SSSR count). The molecule has 0 unspecified atom stereocenters. The van der Waals surface area contributed by atoms with Crippen LogP contribution in [0.1, 0.15) is 52.0 Å². The van der Waals surface area contributed by atoms with Gasteiger partial charge in [0.1, 0.15) is 6.61 Å². The molecule has 0 atom stereocenters. The lowest BCUT2D eigenvalue weighted by molar-refractivity contribution is -0.173. The highest BCUT2D eigenvalue weighted by Gasteiger charge is 2.31. The van der Waals surface area contributed by atoms with Crippen molar-refractivity contribution in [3.63, 3.8) is 0 Å². The first-order valence-electron chi connectivity index (χ1n) is 8.86. The lowest BCUT2D eigenvalue weighted by Gasteiger charge is -2.26. The Morgan fingerprint density at radius 3 is 1.96 bits per heavy atom. The quantitative estimate of drug-likeness (QED) is 0.577. The molecule has 138 valence electrons. The molecule has 1 saturated carbocycles. The first kappa shape index (κ1) is 19.4. The van der Waals surface area contributed by atoms with E-state index >= 15 is 0 Å². The molecule has 0 saturated heterocycles. The highest BCUT2D eigenvalue weighted by atomic mass is 16.7. The van der Waals surface area contributed by atoms with E-state index in [1.54, 1.807) is 0 Å². The maximum atomic E-state index is 12.2. The third kappa shape index (κ3) is 6.86. The molecule has 0 aromatic heterocycles. The van der Waals surface area contributed by atoms with Crippen LogP contribution in [0.25, 0.3) is 0 Å². The van der Waals surface area contributed by atoms with Crippen LogP contribution in [0.2, 0.25) is 0 Å². The van der Waals surface area contributed by atoms with Gasteiger partial charge in [0.2, 0.25) is 0 Å². The Hall–Kier alpha value is -1.88. The first-order chi connectivity index (χ1) is 11.8. The largest absolute Gasteiger partial charge is 0.461 e. The van der Waals surface area contributed by atoms with Gasteiger partial charge in [0, 0.05) is 0 Å². The summed E-state index contributed by atoms with van der Waals surface area (Å²) in [4.78, 5) is 24.2. The van der Waals surface area contributed by atoms with Gasteiger partial charge in [-0.2, -0.15) is 0 Å². The Bertz CT molecular complexity index is 553. The van der Waals surface area contributed by atoms with Crippen LogP contribution >= 0.6 is 0 Å². The first-order valence-corrected chi connectivity index (χ1v) is 8.86. The standard InChI is InChI=1S/C20H28O5/c1-20(2,3)25-14-24-19(22)17-11-9-16(10-12-17)18(21)23-13-15-7-5-4-6-8-15/h4-8,16-17H,9-14H2,1-3H3. The lowest BCUT2D eigenvalue weighted by atomic mass is 9.82. The predicted octanol–water partition coefficient (Wildman–Crippen LogP) is 3.85. The van der Waals surface area contributed by atoms with E-state index in [0.717, 1.165) is 5.56 Å². The normalized spacial score (nSPS) is 20.8. The molecular weight excluding hydrogens is 320 g/mol. The van der Waals surface area contributed by atoms with Gasteiger partial charge in [-0.15, -0.1) is 0 Å². The van der Waals surface area contributed by atoms with Gasteiger partial charge in [0.05, 0.1) is 17.4 Å². The fraction of sp³-hybridized carbons (Fsp3) is 0.600. The van der Waals surface area contributed by atoms with Crippen molar-refractivity contribution in [2.45, 2.75) is 58.7 Å². The SMILES string of the molecule is CC(C)(C)OCOC(=O)C1CCC(C(=O)OCc2ccccc2)CC1. The Kier molecular flexibility index (Phi) is 7.00. The van der Waals surface area contributed by atoms with Gasteiger partial charge in [-0.1, -0.05) is 30.3 Å². The van der Waals surface area contributed by atoms with E-state index in [9.17, 15) is 9.59 Å². The molecule has 1 fully saturated rings. The summed E-state index contributed by atoms with van der Waals surface area (Å²) in [5.41, 5.74) is 0.646. The zero-order valence-electron chi connectivity index (χ0n) is 15.3. The summed E-state index contributed by atoms with van der Waals surface area (Å²) in [6.45, 7) is 6.00. The lowest BCUT2D eigenvalue weighted by Crippen LogP contribution is -2.29. The van der Waals surface area contributed by atoms with Gasteiger partial charge in [0.25, 0.3) is 0 Å². The van der Waals surface area contributed by atoms with E-state index in [1.807, 2.05) is 51.1 Å². The van der Waals surface area contributed by atoms with Gasteiger partial charge in [-0.3, -0.25) is 9.59 Å². The molecule has 0 N–H and O–H groups in total. The van der Waals surface area contributed by atoms with E-state index in [-0.39, 0.29) is 36.2 Å². The van der Waals surface area contributed by atoms with Gasteiger partial charge in [0.15, 0.2) is 6.79 Å². The predicted molar refractivity (Wildman–Crippen MR) is 93.5 cm³/mol. The second-order valence-corrected chi connectivity index (χ2v) is 7.48. The van der Waals surface area contributed by atoms with Crippen LogP contribution in [-0.4, -0.2) is 24.3 Å². The van der Waals surface area contributed by atoms with E-state index in [1.165, 1.54) is 0 Å². The molecule has 0 aliphatic heterocycles. The summed E-state index contributed by atoms with van der Waals surface area (Å²) >= 11 is 0. The summed E-state index contributed by atoms with van der Waals surface area (Å²) in [6.07, 6.45) is 2.62. The highest BCUT2D eigenvalue weighted by molar-refractivity contribution is 5.75. The Morgan fingerprint density at radius 1 is 0.920 bits per heavy atom. The van der Waals surface area contributed by atoms with Crippen molar-refractivity contribution in [2.75, 3.05) is 6.79 Å². The van der Waals surface area contributed by atoms with Crippen LogP contribution in [0.15, 0.2) is 30.3 Å². The third-order valence-electron chi connectivity index (χ3n) is 4.31. The van der Waals surface area contributed by atoms with Crippen LogP contribution in [-0.2, 0) is 30.4 Å². The molecule has 1 aliphatic carbocycles. The van der Waals surface area contributed by atoms with Crippen LogP contribution in [0.4, 0.5) is 0 Å². The van der Waals surface area contributed by atoms with Crippen LogP contribution < -0.4 is 0 Å². The van der Waals surface area contributed by atoms with Crippen molar-refractivity contribution in [1.82, 2.24) is 0 Å². The van der Waals surface area contributed by atoms with Crippen molar-refractivity contribution in [3.8, 4) is 0 Å². The van der Waals surface area contributed by atoms with Gasteiger partial charge < -0.3 is 14.2 Å². The van der Waals surface area contributed by atoms with Gasteiger partial charge in [-0.05, 0) is 52.0 Å². The number of hydrogen-bond acceptors (Lipinski definition) is 5. The van der Waals surface area contributed by atoms with Gasteiger partial charge >= 0.3 is 11.9 Å². The van der Waals surface area contributed by atoms with Crippen molar-refractivity contribution in [1.29, 1.82) is 0 Å². The van der Waals surface area contributed by atoms with Crippen molar-refractivity contribution in [2.24, 2.45) is 11.8 Å². The van der Waals surface area contributed by atoms with Crippen molar-refractivity contribution >= 4 is 11.9 Å². The summed E-state index contributed by atoms with van der Waals surface area (Å²) in [6, 6.07) is 9.63. The van der Waals surface area contributed by atoms with Crippen molar-refractivity contribution < 1.29 is 23.8 Å². The summed E-state index contributed by atoms with van der Waals surface area (Å²) in [5.74, 6) is -0.688. The maximum Gasteiger partial charge on any atom is 0.311 e. The molecule has 5 heteroatoms. The fourth-order valence-corrected chi connectivity index (χ4v) is 2.79. The van der Waals surface area contributed by atoms with E-state index < -0.39 is 0 Å². The minimum Gasteiger partial charge on any atom is -0.461 e. The minimum atomic E-state index is -0.333. The molecule has 0 radical (unpaired) electrons. The van der Waals surface area contributed by atoms with Crippen LogP contribution in [0.3, 0.4) is 0 Å². The number of benzene rings is 1. The molecule has 0 heterocycles. The average molecular weight is 348 g/mol. The fourth-order valence-electron chi connectivity index (χ4n) is 2.79. The maximum absolute atomic E-state index is 12.2. The number of hydrogen-bond donors (Lipinski definition) is 0. The summed E-state index contributed by atoms with van der Waals surface area (Å²) in [7, 11) is 0. The van der Waals surface area contributed by atoms with Crippen LogP contribution in [0.5, 0.6) is 0 Å². The monoisotopic (exact) mass is 348 g/mol. The molecule has 1 aromatic carbocycles. The number of esters is 2. The van der Waals surface area contributed by atoms with Crippen LogP contribution in [0, 0.1) is 11.8 Å². The molecule has 1 aromatic rings. The Labute approximate surface area is 149 Å². The Balaban J connectivity index is 1.68. The zero-order chi connectivity index (χ0) is 18.3. The molecule has 1 aliphatic rings. The minimum absolute atomic E-state index is 0.0264. The molecule has 0 spiro atoms.